The van der Waals surface area contributed by atoms with E-state index in [0.29, 0.717) is 39.2 Å². The van der Waals surface area contributed by atoms with Crippen molar-refractivity contribution in [1.82, 2.24) is 20.1 Å². The van der Waals surface area contributed by atoms with Gasteiger partial charge in [-0.05, 0) is 31.4 Å². The molecule has 0 aliphatic carbocycles. The molecule has 0 saturated carbocycles. The Hall–Kier alpha value is -2.03. The summed E-state index contributed by atoms with van der Waals surface area (Å²) >= 11 is 1.71. The number of methoxy groups -OCH3 is 1. The molecule has 2 heterocycles. The fraction of sp³-hybridized carbons (Fsp3) is 0.571. The zero-order chi connectivity index (χ0) is 20.5. The van der Waals surface area contributed by atoms with E-state index in [4.69, 9.17) is 4.74 Å². The number of nitrogens with zero attached hydrogens (tertiary/aromatic N) is 3. The van der Waals surface area contributed by atoms with E-state index in [1.165, 1.54) is 4.70 Å². The topological polar surface area (TPSA) is 74.8 Å². The first-order valence-corrected chi connectivity index (χ1v) is 11.1. The standard InChI is InChI=1S/C21H30N4O3S/c1-28-15-5-10-22-19(26)16-24-11-13-25(14-12-24)21(27)9-4-8-20-23-17-6-2-3-7-18(17)29-20/h2-3,6-7H,4-5,8-16H2,1H3,(H,22,26). The second-order valence-electron chi connectivity index (χ2n) is 7.28. The molecule has 1 aromatic heterocycles. The minimum atomic E-state index is 0.0386. The van der Waals surface area contributed by atoms with E-state index >= 15 is 0 Å². The van der Waals surface area contributed by atoms with Crippen molar-refractivity contribution in [2.45, 2.75) is 25.7 Å². The number of carbonyl (C=O) groups is 2. The fourth-order valence-corrected chi connectivity index (χ4v) is 4.44. The number of para-hydroxylation sites is 1. The molecule has 7 nitrogen and oxygen atoms in total. The summed E-state index contributed by atoms with van der Waals surface area (Å²) in [5.74, 6) is 0.242. The summed E-state index contributed by atoms with van der Waals surface area (Å²) in [5, 5.41) is 4.00. The van der Waals surface area contributed by atoms with Crippen LogP contribution in [0.5, 0.6) is 0 Å². The van der Waals surface area contributed by atoms with Gasteiger partial charge in [0, 0.05) is 52.9 Å². The van der Waals surface area contributed by atoms with Gasteiger partial charge in [-0.2, -0.15) is 0 Å². The van der Waals surface area contributed by atoms with Gasteiger partial charge in [0.1, 0.15) is 0 Å². The molecule has 0 bridgehead atoms. The number of aromatic nitrogens is 1. The van der Waals surface area contributed by atoms with E-state index in [2.05, 4.69) is 21.3 Å². The first kappa shape index (κ1) is 21.7. The van der Waals surface area contributed by atoms with Crippen molar-refractivity contribution in [3.63, 3.8) is 0 Å². The largest absolute Gasteiger partial charge is 0.385 e. The van der Waals surface area contributed by atoms with E-state index < -0.39 is 0 Å². The van der Waals surface area contributed by atoms with E-state index in [1.807, 2.05) is 23.1 Å². The molecular formula is C21H30N4O3S. The number of amides is 2. The maximum atomic E-state index is 12.5. The molecule has 2 aromatic rings. The molecule has 3 rings (SSSR count). The van der Waals surface area contributed by atoms with Crippen LogP contribution >= 0.6 is 11.3 Å². The quantitative estimate of drug-likeness (QED) is 0.597. The van der Waals surface area contributed by atoms with Crippen LogP contribution in [0.15, 0.2) is 24.3 Å². The lowest BCUT2D eigenvalue weighted by Crippen LogP contribution is -2.51. The van der Waals surface area contributed by atoms with Crippen molar-refractivity contribution in [2.75, 3.05) is 53.0 Å². The van der Waals surface area contributed by atoms with Gasteiger partial charge < -0.3 is 15.0 Å². The van der Waals surface area contributed by atoms with Crippen molar-refractivity contribution in [1.29, 1.82) is 0 Å². The minimum absolute atomic E-state index is 0.0386. The first-order chi connectivity index (χ1) is 14.2. The molecule has 1 aromatic carbocycles. The number of benzene rings is 1. The van der Waals surface area contributed by atoms with Crippen LogP contribution in [0.3, 0.4) is 0 Å². The van der Waals surface area contributed by atoms with Crippen molar-refractivity contribution in [3.8, 4) is 0 Å². The highest BCUT2D eigenvalue weighted by atomic mass is 32.1. The van der Waals surface area contributed by atoms with Crippen LogP contribution in [0.2, 0.25) is 0 Å². The summed E-state index contributed by atoms with van der Waals surface area (Å²) in [5.41, 5.74) is 1.04. The van der Waals surface area contributed by atoms with E-state index in [-0.39, 0.29) is 11.8 Å². The second kappa shape index (κ2) is 11.2. The second-order valence-corrected chi connectivity index (χ2v) is 8.40. The Balaban J connectivity index is 1.32. The van der Waals surface area contributed by atoms with Gasteiger partial charge in [-0.3, -0.25) is 14.5 Å². The van der Waals surface area contributed by atoms with Gasteiger partial charge in [0.05, 0.1) is 21.8 Å². The van der Waals surface area contributed by atoms with Crippen molar-refractivity contribution in [3.05, 3.63) is 29.3 Å². The fourth-order valence-electron chi connectivity index (χ4n) is 3.43. The van der Waals surface area contributed by atoms with Crippen LogP contribution in [-0.4, -0.2) is 79.6 Å². The van der Waals surface area contributed by atoms with Gasteiger partial charge in [0.2, 0.25) is 11.8 Å². The number of thiazole rings is 1. The van der Waals surface area contributed by atoms with Gasteiger partial charge in [-0.1, -0.05) is 12.1 Å². The summed E-state index contributed by atoms with van der Waals surface area (Å²) in [6.45, 7) is 4.56. The highest BCUT2D eigenvalue weighted by Gasteiger charge is 2.22. The molecular weight excluding hydrogens is 388 g/mol. The van der Waals surface area contributed by atoms with Gasteiger partial charge in [0.15, 0.2) is 0 Å². The number of carbonyl (C=O) groups excluding carboxylic acids is 2. The number of ether oxygens (including phenoxy) is 1. The maximum Gasteiger partial charge on any atom is 0.234 e. The Bertz CT molecular complexity index is 769. The van der Waals surface area contributed by atoms with Gasteiger partial charge >= 0.3 is 0 Å². The summed E-state index contributed by atoms with van der Waals surface area (Å²) < 4.78 is 6.17. The van der Waals surface area contributed by atoms with Crippen LogP contribution in [0, 0.1) is 0 Å². The number of rotatable bonds is 10. The SMILES string of the molecule is COCCCNC(=O)CN1CCN(C(=O)CCCc2nc3ccccc3s2)CC1. The predicted octanol–water partition coefficient (Wildman–Crippen LogP) is 1.92. The number of fused-ring (bicyclic) bond motifs is 1. The lowest BCUT2D eigenvalue weighted by atomic mass is 10.2. The number of piperazine rings is 1. The molecule has 1 aliphatic rings. The highest BCUT2D eigenvalue weighted by molar-refractivity contribution is 7.18. The number of hydrogen-bond acceptors (Lipinski definition) is 6. The van der Waals surface area contributed by atoms with Crippen molar-refractivity contribution >= 4 is 33.4 Å². The van der Waals surface area contributed by atoms with Gasteiger partial charge in [-0.25, -0.2) is 4.98 Å². The smallest absolute Gasteiger partial charge is 0.234 e. The summed E-state index contributed by atoms with van der Waals surface area (Å²) in [6, 6.07) is 8.14. The Morgan fingerprint density at radius 3 is 2.72 bits per heavy atom. The number of nitrogens with one attached hydrogen (secondary N) is 1. The summed E-state index contributed by atoms with van der Waals surface area (Å²) in [4.78, 5) is 33.1. The normalized spacial score (nSPS) is 15.0. The van der Waals surface area contributed by atoms with E-state index in [9.17, 15) is 9.59 Å². The molecule has 0 radical (unpaired) electrons. The highest BCUT2D eigenvalue weighted by Crippen LogP contribution is 2.22. The molecule has 0 spiro atoms. The zero-order valence-corrected chi connectivity index (χ0v) is 17.9. The summed E-state index contributed by atoms with van der Waals surface area (Å²) in [6.07, 6.45) is 3.04. The van der Waals surface area contributed by atoms with E-state index in [0.717, 1.165) is 42.9 Å². The van der Waals surface area contributed by atoms with Gasteiger partial charge in [-0.15, -0.1) is 11.3 Å². The predicted molar refractivity (Wildman–Crippen MR) is 115 cm³/mol. The van der Waals surface area contributed by atoms with Crippen LogP contribution < -0.4 is 5.32 Å². The molecule has 8 heteroatoms. The maximum absolute atomic E-state index is 12.5. The van der Waals surface area contributed by atoms with E-state index in [1.54, 1.807) is 18.4 Å². The molecule has 2 amide bonds. The Morgan fingerprint density at radius 1 is 1.17 bits per heavy atom. The van der Waals surface area contributed by atoms with Crippen LogP contribution in [-0.2, 0) is 20.7 Å². The molecule has 1 saturated heterocycles. The van der Waals surface area contributed by atoms with Crippen molar-refractivity contribution < 1.29 is 14.3 Å². The average Bonchev–Trinajstić information content (AvgIpc) is 3.14. The minimum Gasteiger partial charge on any atom is -0.385 e. The number of aryl methyl sites for hydroxylation is 1. The molecule has 0 unspecified atom stereocenters. The van der Waals surface area contributed by atoms with Crippen LogP contribution in [0.1, 0.15) is 24.3 Å². The molecule has 1 fully saturated rings. The third-order valence-corrected chi connectivity index (χ3v) is 6.16. The third-order valence-electron chi connectivity index (χ3n) is 5.06. The van der Waals surface area contributed by atoms with Crippen LogP contribution in [0.4, 0.5) is 0 Å². The Kier molecular flexibility index (Phi) is 8.39. The molecule has 158 valence electrons. The molecule has 1 aliphatic heterocycles. The monoisotopic (exact) mass is 418 g/mol. The Morgan fingerprint density at radius 2 is 1.97 bits per heavy atom. The zero-order valence-electron chi connectivity index (χ0n) is 17.1. The number of hydrogen-bond donors (Lipinski definition) is 1. The van der Waals surface area contributed by atoms with Crippen molar-refractivity contribution in [2.24, 2.45) is 0 Å². The molecule has 29 heavy (non-hydrogen) atoms. The Labute approximate surface area is 176 Å². The van der Waals surface area contributed by atoms with Crippen LogP contribution in [0.25, 0.3) is 10.2 Å². The lowest BCUT2D eigenvalue weighted by Gasteiger charge is -2.34. The van der Waals surface area contributed by atoms with Gasteiger partial charge in [0.25, 0.3) is 0 Å². The lowest BCUT2D eigenvalue weighted by molar-refractivity contribution is -0.133. The molecule has 1 N–H and O–H groups in total. The third kappa shape index (κ3) is 6.76. The average molecular weight is 419 g/mol. The first-order valence-electron chi connectivity index (χ1n) is 10.3. The molecule has 0 atom stereocenters. The summed E-state index contributed by atoms with van der Waals surface area (Å²) in [7, 11) is 1.66.